The van der Waals surface area contributed by atoms with Crippen molar-refractivity contribution in [3.05, 3.63) is 65.7 Å². The van der Waals surface area contributed by atoms with Crippen LogP contribution in [0, 0.1) is 29.1 Å². The van der Waals surface area contributed by atoms with Gasteiger partial charge in [0.05, 0.1) is 36.0 Å². The first-order chi connectivity index (χ1) is 20.1. The van der Waals surface area contributed by atoms with E-state index < -0.39 is 41.0 Å². The van der Waals surface area contributed by atoms with Crippen LogP contribution in [0.4, 0.5) is 5.69 Å². The molecule has 0 spiro atoms. The van der Waals surface area contributed by atoms with Gasteiger partial charge in [-0.25, -0.2) is 4.90 Å². The van der Waals surface area contributed by atoms with Crippen LogP contribution < -0.4 is 9.64 Å². The van der Waals surface area contributed by atoms with E-state index in [9.17, 15) is 29.1 Å². The van der Waals surface area contributed by atoms with E-state index >= 15 is 0 Å². The first-order valence-corrected chi connectivity index (χ1v) is 14.2. The SMILES string of the molecule is COc1ccc([C@H]2C3=CC[C@@H]4C(=O)N(CCCC(=O)O)C(=O)[C@@H]4[C@@H]3C[C@H]3C(=O)N(c4ccccc4)C(=O)[C@@]23C)c(O)c1. The number of methoxy groups -OCH3 is 1. The number of amides is 4. The van der Waals surface area contributed by atoms with E-state index in [4.69, 9.17) is 9.84 Å². The molecule has 2 saturated heterocycles. The smallest absolute Gasteiger partial charge is 0.303 e. The zero-order valence-electron chi connectivity index (χ0n) is 23.4. The molecule has 2 aromatic rings. The van der Waals surface area contributed by atoms with E-state index in [2.05, 4.69) is 0 Å². The van der Waals surface area contributed by atoms with Crippen molar-refractivity contribution in [1.82, 2.24) is 4.90 Å². The molecule has 42 heavy (non-hydrogen) atoms. The number of carboxylic acids is 1. The van der Waals surface area contributed by atoms with E-state index in [1.54, 1.807) is 49.4 Å². The highest BCUT2D eigenvalue weighted by Crippen LogP contribution is 2.64. The number of aromatic hydroxyl groups is 1. The summed E-state index contributed by atoms with van der Waals surface area (Å²) in [6, 6.07) is 13.6. The van der Waals surface area contributed by atoms with Crippen LogP contribution in [-0.4, -0.2) is 58.4 Å². The van der Waals surface area contributed by atoms with Crippen LogP contribution in [0.15, 0.2) is 60.2 Å². The predicted molar refractivity (Wildman–Crippen MR) is 149 cm³/mol. The summed E-state index contributed by atoms with van der Waals surface area (Å²) in [6.45, 7) is 1.78. The summed E-state index contributed by atoms with van der Waals surface area (Å²) in [5, 5.41) is 20.3. The topological polar surface area (TPSA) is 142 Å². The van der Waals surface area contributed by atoms with Crippen LogP contribution in [0.5, 0.6) is 11.5 Å². The van der Waals surface area contributed by atoms with Crippen molar-refractivity contribution in [2.75, 3.05) is 18.6 Å². The number of phenols is 1. The van der Waals surface area contributed by atoms with Crippen molar-refractivity contribution in [2.24, 2.45) is 29.1 Å². The molecule has 2 N–H and O–H groups in total. The monoisotopic (exact) mass is 572 g/mol. The van der Waals surface area contributed by atoms with Gasteiger partial charge < -0.3 is 14.9 Å². The second-order valence-corrected chi connectivity index (χ2v) is 11.7. The standard InChI is InChI=1S/C32H32N2O8/c1-32-23(29(39)34(31(32)41)17-7-4-3-5-8-17)16-22-19(27(32)20-11-10-18(42-2)15-24(20)35)12-13-21-26(22)30(40)33(28(21)38)14-6-9-25(36)37/h3-5,7-8,10-12,15,21-23,26-27,35H,6,9,13-14,16H2,1-2H3,(H,36,37)/t21-,22+,23-,26-,27+,32+/m0/s1. The number of carbonyl (C=O) groups is 5. The molecular formula is C32H32N2O8. The van der Waals surface area contributed by atoms with Gasteiger partial charge in [0.1, 0.15) is 11.5 Å². The number of rotatable bonds is 7. The Kier molecular flexibility index (Phi) is 6.67. The molecule has 2 aliphatic heterocycles. The third-order valence-electron chi connectivity index (χ3n) is 9.70. The molecule has 6 rings (SSSR count). The summed E-state index contributed by atoms with van der Waals surface area (Å²) < 4.78 is 5.28. The number of ether oxygens (including phenoxy) is 1. The van der Waals surface area contributed by atoms with Gasteiger partial charge in [0.25, 0.3) is 0 Å². The molecule has 6 atom stereocenters. The van der Waals surface area contributed by atoms with Crippen molar-refractivity contribution in [3.8, 4) is 11.5 Å². The van der Waals surface area contributed by atoms with Crippen LogP contribution >= 0.6 is 0 Å². The highest BCUT2D eigenvalue weighted by molar-refractivity contribution is 6.24. The largest absolute Gasteiger partial charge is 0.508 e. The third-order valence-corrected chi connectivity index (χ3v) is 9.70. The van der Waals surface area contributed by atoms with E-state index in [1.165, 1.54) is 23.0 Å². The fourth-order valence-electron chi connectivity index (χ4n) is 7.75. The van der Waals surface area contributed by atoms with Gasteiger partial charge in [-0.15, -0.1) is 0 Å². The van der Waals surface area contributed by atoms with Gasteiger partial charge in [0.15, 0.2) is 0 Å². The number of anilines is 1. The molecule has 2 aliphatic carbocycles. The van der Waals surface area contributed by atoms with Gasteiger partial charge in [0, 0.05) is 30.5 Å². The molecule has 10 nitrogen and oxygen atoms in total. The third kappa shape index (κ3) is 3.95. The van der Waals surface area contributed by atoms with Gasteiger partial charge in [-0.1, -0.05) is 35.9 Å². The van der Waals surface area contributed by atoms with Crippen molar-refractivity contribution in [2.45, 2.75) is 38.5 Å². The number of imide groups is 2. The Morgan fingerprint density at radius 3 is 2.43 bits per heavy atom. The number of likely N-dealkylation sites (tertiary alicyclic amines) is 1. The van der Waals surface area contributed by atoms with Crippen LogP contribution in [0.1, 0.15) is 44.1 Å². The summed E-state index contributed by atoms with van der Waals surface area (Å²) >= 11 is 0. The number of allylic oxidation sites excluding steroid dienone is 2. The molecular weight excluding hydrogens is 540 g/mol. The summed E-state index contributed by atoms with van der Waals surface area (Å²) in [5.74, 6) is -5.53. The summed E-state index contributed by atoms with van der Waals surface area (Å²) in [7, 11) is 1.48. The first-order valence-electron chi connectivity index (χ1n) is 14.2. The molecule has 0 unspecified atom stereocenters. The van der Waals surface area contributed by atoms with Crippen molar-refractivity contribution >= 4 is 35.3 Å². The zero-order valence-corrected chi connectivity index (χ0v) is 23.4. The van der Waals surface area contributed by atoms with Gasteiger partial charge in [0.2, 0.25) is 23.6 Å². The first kappa shape index (κ1) is 27.7. The maximum Gasteiger partial charge on any atom is 0.303 e. The Bertz CT molecular complexity index is 1530. The average Bonchev–Trinajstić information content (AvgIpc) is 3.33. The lowest BCUT2D eigenvalue weighted by atomic mass is 9.51. The molecule has 0 bridgehead atoms. The number of carbonyl (C=O) groups excluding carboxylic acids is 4. The molecule has 2 heterocycles. The molecule has 0 radical (unpaired) electrons. The summed E-state index contributed by atoms with van der Waals surface area (Å²) in [6.07, 6.45) is 2.38. The van der Waals surface area contributed by atoms with Crippen molar-refractivity contribution < 1.29 is 38.9 Å². The zero-order chi connectivity index (χ0) is 29.9. The van der Waals surface area contributed by atoms with Gasteiger partial charge in [-0.05, 0) is 50.3 Å². The predicted octanol–water partition coefficient (Wildman–Crippen LogP) is 3.50. The lowest BCUT2D eigenvalue weighted by Gasteiger charge is -2.49. The summed E-state index contributed by atoms with van der Waals surface area (Å²) in [5.41, 5.74) is 0.400. The number of hydrogen-bond acceptors (Lipinski definition) is 7. The number of fused-ring (bicyclic) bond motifs is 4. The van der Waals surface area contributed by atoms with E-state index in [0.717, 1.165) is 5.57 Å². The van der Waals surface area contributed by atoms with E-state index in [1.807, 2.05) is 6.08 Å². The Morgan fingerprint density at radius 1 is 1.02 bits per heavy atom. The summed E-state index contributed by atoms with van der Waals surface area (Å²) in [4.78, 5) is 69.0. The van der Waals surface area contributed by atoms with Crippen molar-refractivity contribution in [1.29, 1.82) is 0 Å². The number of hydrogen-bond donors (Lipinski definition) is 2. The lowest BCUT2D eigenvalue weighted by Crippen LogP contribution is -2.48. The normalized spacial score (nSPS) is 30.1. The Morgan fingerprint density at radius 2 is 1.76 bits per heavy atom. The maximum atomic E-state index is 14.3. The number of phenolic OH excluding ortho intramolecular Hbond substituents is 1. The second kappa shape index (κ2) is 10.1. The number of nitrogens with zero attached hydrogens (tertiary/aromatic N) is 2. The fraction of sp³-hybridized carbons (Fsp3) is 0.406. The Hall–Kier alpha value is -4.47. The minimum atomic E-state index is -1.26. The van der Waals surface area contributed by atoms with Gasteiger partial charge in [-0.2, -0.15) is 0 Å². The molecule has 0 aromatic heterocycles. The fourth-order valence-corrected chi connectivity index (χ4v) is 7.75. The molecule has 218 valence electrons. The van der Waals surface area contributed by atoms with Crippen LogP contribution in [0.2, 0.25) is 0 Å². The maximum absolute atomic E-state index is 14.3. The Labute approximate surface area is 242 Å². The minimum Gasteiger partial charge on any atom is -0.508 e. The quantitative estimate of drug-likeness (QED) is 0.379. The molecule has 4 aliphatic rings. The lowest BCUT2D eigenvalue weighted by molar-refractivity contribution is -0.142. The number of benzene rings is 2. The number of carboxylic acid groups (broad SMARTS) is 1. The minimum absolute atomic E-state index is 0.0159. The van der Waals surface area contributed by atoms with E-state index in [0.29, 0.717) is 17.0 Å². The number of para-hydroxylation sites is 1. The second-order valence-electron chi connectivity index (χ2n) is 11.7. The van der Waals surface area contributed by atoms with Gasteiger partial charge >= 0.3 is 5.97 Å². The van der Waals surface area contributed by atoms with E-state index in [-0.39, 0.29) is 61.6 Å². The van der Waals surface area contributed by atoms with Gasteiger partial charge in [-0.3, -0.25) is 28.9 Å². The molecule has 4 amide bonds. The highest BCUT2D eigenvalue weighted by Gasteiger charge is 2.67. The molecule has 2 aromatic carbocycles. The van der Waals surface area contributed by atoms with Crippen LogP contribution in [-0.2, 0) is 24.0 Å². The molecule has 10 heteroatoms. The van der Waals surface area contributed by atoms with Crippen LogP contribution in [0.25, 0.3) is 0 Å². The number of aliphatic carboxylic acids is 1. The average molecular weight is 573 g/mol. The van der Waals surface area contributed by atoms with Crippen molar-refractivity contribution in [3.63, 3.8) is 0 Å². The van der Waals surface area contributed by atoms with Crippen LogP contribution in [0.3, 0.4) is 0 Å². The highest BCUT2D eigenvalue weighted by atomic mass is 16.5. The molecule has 1 saturated carbocycles. The molecule has 3 fully saturated rings. The Balaban J connectivity index is 1.46.